The molecule has 2 aromatic heterocycles. The number of pyridine rings is 1. The van der Waals surface area contributed by atoms with Crippen LogP contribution in [0, 0.1) is 6.92 Å². The van der Waals surface area contributed by atoms with Crippen molar-refractivity contribution in [1.82, 2.24) is 20.5 Å². The van der Waals surface area contributed by atoms with Crippen molar-refractivity contribution in [3.05, 3.63) is 41.3 Å². The van der Waals surface area contributed by atoms with E-state index in [1.807, 2.05) is 44.1 Å². The van der Waals surface area contributed by atoms with E-state index in [-0.39, 0.29) is 12.3 Å². The van der Waals surface area contributed by atoms with Crippen molar-refractivity contribution in [2.45, 2.75) is 19.9 Å². The zero-order valence-electron chi connectivity index (χ0n) is 12.0. The van der Waals surface area contributed by atoms with E-state index in [0.29, 0.717) is 6.54 Å². The number of hydrogen-bond donors (Lipinski definition) is 2. The average Bonchev–Trinajstić information content (AvgIpc) is 2.82. The van der Waals surface area contributed by atoms with Crippen LogP contribution >= 0.6 is 0 Å². The van der Waals surface area contributed by atoms with Crippen molar-refractivity contribution in [2.24, 2.45) is 0 Å². The number of carbonyl (C=O) groups excluding carboxylic acids is 1. The number of carbonyl (C=O) groups is 1. The second-order valence-corrected chi connectivity index (χ2v) is 4.91. The number of aromatic nitrogens is 3. The van der Waals surface area contributed by atoms with Crippen LogP contribution in [0.5, 0.6) is 0 Å². The summed E-state index contributed by atoms with van der Waals surface area (Å²) in [6.07, 6.45) is 2.03. The molecule has 1 amide bonds. The molecule has 2 heterocycles. The Morgan fingerprint density at radius 3 is 2.85 bits per heavy atom. The summed E-state index contributed by atoms with van der Waals surface area (Å²) in [5, 5.41) is 9.75. The van der Waals surface area contributed by atoms with Crippen molar-refractivity contribution in [3.63, 3.8) is 0 Å². The van der Waals surface area contributed by atoms with Crippen LogP contribution in [-0.2, 0) is 17.8 Å². The molecule has 0 saturated carbocycles. The number of rotatable bonds is 5. The van der Waals surface area contributed by atoms with Crippen LogP contribution in [0.4, 0.5) is 5.82 Å². The van der Waals surface area contributed by atoms with Gasteiger partial charge in [-0.2, -0.15) is 5.10 Å². The van der Waals surface area contributed by atoms with E-state index in [2.05, 4.69) is 20.5 Å². The summed E-state index contributed by atoms with van der Waals surface area (Å²) in [5.74, 6) is 0.833. The molecule has 6 heteroatoms. The number of aryl methyl sites for hydroxylation is 1. The number of nitrogens with one attached hydrogen (secondary N) is 2. The first-order valence-electron chi connectivity index (χ1n) is 6.44. The highest BCUT2D eigenvalue weighted by Gasteiger charge is 2.06. The van der Waals surface area contributed by atoms with Crippen LogP contribution in [0.1, 0.15) is 17.0 Å². The first kappa shape index (κ1) is 14.0. The zero-order chi connectivity index (χ0) is 14.5. The third-order valence-electron chi connectivity index (χ3n) is 2.86. The fourth-order valence-electron chi connectivity index (χ4n) is 1.81. The first-order chi connectivity index (χ1) is 9.54. The second kappa shape index (κ2) is 6.18. The summed E-state index contributed by atoms with van der Waals surface area (Å²) in [5.41, 5.74) is 2.73. The van der Waals surface area contributed by atoms with Gasteiger partial charge in [0.05, 0.1) is 12.1 Å². The molecule has 2 N–H and O–H groups in total. The van der Waals surface area contributed by atoms with Gasteiger partial charge in [-0.25, -0.2) is 4.98 Å². The normalized spacial score (nSPS) is 10.3. The number of amides is 1. The lowest BCUT2D eigenvalue weighted by Gasteiger charge is -2.12. The molecule has 20 heavy (non-hydrogen) atoms. The summed E-state index contributed by atoms with van der Waals surface area (Å²) in [6, 6.07) is 5.72. The summed E-state index contributed by atoms with van der Waals surface area (Å²) in [6.45, 7) is 2.40. The molecule has 0 unspecified atom stereocenters. The highest BCUT2D eigenvalue weighted by Crippen LogP contribution is 2.09. The first-order valence-corrected chi connectivity index (χ1v) is 6.44. The van der Waals surface area contributed by atoms with Gasteiger partial charge in [-0.1, -0.05) is 0 Å². The van der Waals surface area contributed by atoms with E-state index in [9.17, 15) is 4.79 Å². The molecular weight excluding hydrogens is 254 g/mol. The maximum atomic E-state index is 11.8. The Kier molecular flexibility index (Phi) is 4.34. The van der Waals surface area contributed by atoms with Gasteiger partial charge in [0.1, 0.15) is 5.82 Å². The molecule has 2 aromatic rings. The van der Waals surface area contributed by atoms with E-state index < -0.39 is 0 Å². The predicted octanol–water partition coefficient (Wildman–Crippen LogP) is 1.04. The highest BCUT2D eigenvalue weighted by atomic mass is 16.1. The summed E-state index contributed by atoms with van der Waals surface area (Å²) in [4.78, 5) is 18.0. The Hall–Kier alpha value is -2.37. The molecule has 0 aromatic carbocycles. The third-order valence-corrected chi connectivity index (χ3v) is 2.86. The van der Waals surface area contributed by atoms with E-state index in [1.54, 1.807) is 6.20 Å². The minimum absolute atomic E-state index is 0.0419. The molecule has 0 aliphatic rings. The summed E-state index contributed by atoms with van der Waals surface area (Å²) in [7, 11) is 3.87. The van der Waals surface area contributed by atoms with Crippen LogP contribution in [-0.4, -0.2) is 35.2 Å². The molecule has 0 spiro atoms. The van der Waals surface area contributed by atoms with Crippen LogP contribution < -0.4 is 10.2 Å². The molecule has 0 saturated heterocycles. The Morgan fingerprint density at radius 2 is 2.20 bits per heavy atom. The number of H-pyrrole nitrogens is 1. The standard InChI is InChI=1S/C14H19N5O/c1-10-6-12(18-17-10)8-14(20)16-9-11-4-5-15-13(7-11)19(2)3/h4-7H,8-9H2,1-3H3,(H,16,20)(H,17,18). The van der Waals surface area contributed by atoms with Gasteiger partial charge in [-0.15, -0.1) is 0 Å². The smallest absolute Gasteiger partial charge is 0.226 e. The van der Waals surface area contributed by atoms with Gasteiger partial charge < -0.3 is 10.2 Å². The quantitative estimate of drug-likeness (QED) is 0.853. The van der Waals surface area contributed by atoms with Crippen LogP contribution in [0.15, 0.2) is 24.4 Å². The lowest BCUT2D eigenvalue weighted by Crippen LogP contribution is -2.25. The molecular formula is C14H19N5O. The van der Waals surface area contributed by atoms with E-state index in [0.717, 1.165) is 22.8 Å². The number of hydrogen-bond acceptors (Lipinski definition) is 4. The van der Waals surface area contributed by atoms with Crippen molar-refractivity contribution >= 4 is 11.7 Å². The maximum absolute atomic E-state index is 11.8. The fraction of sp³-hybridized carbons (Fsp3) is 0.357. The van der Waals surface area contributed by atoms with Crippen molar-refractivity contribution in [1.29, 1.82) is 0 Å². The minimum atomic E-state index is -0.0419. The van der Waals surface area contributed by atoms with Gasteiger partial charge in [-0.05, 0) is 30.7 Å². The van der Waals surface area contributed by atoms with E-state index in [4.69, 9.17) is 0 Å². The van der Waals surface area contributed by atoms with Crippen molar-refractivity contribution in [3.8, 4) is 0 Å². The van der Waals surface area contributed by atoms with Gasteiger partial charge in [-0.3, -0.25) is 9.89 Å². The van der Waals surface area contributed by atoms with Crippen LogP contribution in [0.3, 0.4) is 0 Å². The van der Waals surface area contributed by atoms with Gasteiger partial charge in [0.25, 0.3) is 0 Å². The number of aromatic amines is 1. The van der Waals surface area contributed by atoms with E-state index in [1.165, 1.54) is 0 Å². The third kappa shape index (κ3) is 3.81. The fourth-order valence-corrected chi connectivity index (χ4v) is 1.81. The van der Waals surface area contributed by atoms with Crippen LogP contribution in [0.25, 0.3) is 0 Å². The van der Waals surface area contributed by atoms with Crippen molar-refractivity contribution in [2.75, 3.05) is 19.0 Å². The Bertz CT molecular complexity index is 591. The van der Waals surface area contributed by atoms with Crippen molar-refractivity contribution < 1.29 is 4.79 Å². The largest absolute Gasteiger partial charge is 0.363 e. The highest BCUT2D eigenvalue weighted by molar-refractivity contribution is 5.78. The molecule has 106 valence electrons. The zero-order valence-corrected chi connectivity index (χ0v) is 12.0. The lowest BCUT2D eigenvalue weighted by atomic mass is 10.2. The minimum Gasteiger partial charge on any atom is -0.363 e. The predicted molar refractivity (Wildman–Crippen MR) is 77.4 cm³/mol. The van der Waals surface area contributed by atoms with Gasteiger partial charge in [0.2, 0.25) is 5.91 Å². The molecule has 0 radical (unpaired) electrons. The monoisotopic (exact) mass is 273 g/mol. The topological polar surface area (TPSA) is 73.9 Å². The molecule has 2 rings (SSSR count). The molecule has 6 nitrogen and oxygen atoms in total. The Morgan fingerprint density at radius 1 is 1.40 bits per heavy atom. The maximum Gasteiger partial charge on any atom is 0.226 e. The Labute approximate surface area is 118 Å². The molecule has 0 atom stereocenters. The molecule has 0 aliphatic heterocycles. The molecule has 0 bridgehead atoms. The van der Waals surface area contributed by atoms with Gasteiger partial charge in [0, 0.05) is 32.5 Å². The molecule has 0 aliphatic carbocycles. The summed E-state index contributed by atoms with van der Waals surface area (Å²) < 4.78 is 0. The Balaban J connectivity index is 1.88. The SMILES string of the molecule is Cc1cc(CC(=O)NCc2ccnc(N(C)C)c2)n[nH]1. The van der Waals surface area contributed by atoms with Gasteiger partial charge >= 0.3 is 0 Å². The van der Waals surface area contributed by atoms with Crippen LogP contribution in [0.2, 0.25) is 0 Å². The summed E-state index contributed by atoms with van der Waals surface area (Å²) >= 11 is 0. The lowest BCUT2D eigenvalue weighted by molar-refractivity contribution is -0.120. The average molecular weight is 273 g/mol. The number of nitrogens with zero attached hydrogens (tertiary/aromatic N) is 3. The van der Waals surface area contributed by atoms with Gasteiger partial charge in [0.15, 0.2) is 0 Å². The number of anilines is 1. The second-order valence-electron chi connectivity index (χ2n) is 4.91. The van der Waals surface area contributed by atoms with E-state index >= 15 is 0 Å². The molecule has 0 fully saturated rings.